The Balaban J connectivity index is 1.89. The molecular weight excluding hydrogens is 212 g/mol. The van der Waals surface area contributed by atoms with Crippen LogP contribution >= 0.6 is 0 Å². The van der Waals surface area contributed by atoms with Crippen molar-refractivity contribution in [2.24, 2.45) is 17.3 Å². The topological polar surface area (TPSA) is 40.5 Å². The Kier molecular flexibility index (Phi) is 3.74. The van der Waals surface area contributed by atoms with Gasteiger partial charge in [-0.25, -0.2) is 0 Å². The molecule has 1 saturated carbocycles. The van der Waals surface area contributed by atoms with E-state index in [-0.39, 0.29) is 13.2 Å². The summed E-state index contributed by atoms with van der Waals surface area (Å²) in [7, 11) is 0. The fourth-order valence-electron chi connectivity index (χ4n) is 3.37. The molecule has 3 atom stereocenters. The molecule has 0 aromatic rings. The molecule has 0 bridgehead atoms. The summed E-state index contributed by atoms with van der Waals surface area (Å²) in [5.41, 5.74) is 2.75. The Bertz CT molecular complexity index is 343. The molecule has 1 unspecified atom stereocenters. The largest absolute Gasteiger partial charge is 0.392 e. The van der Waals surface area contributed by atoms with Crippen LogP contribution in [0.5, 0.6) is 0 Å². The monoisotopic (exact) mass is 236 g/mol. The molecule has 2 N–H and O–H groups in total. The van der Waals surface area contributed by atoms with Gasteiger partial charge in [-0.3, -0.25) is 0 Å². The van der Waals surface area contributed by atoms with E-state index in [1.165, 1.54) is 18.4 Å². The second kappa shape index (κ2) is 4.95. The highest BCUT2D eigenvalue weighted by atomic mass is 16.3. The van der Waals surface area contributed by atoms with Gasteiger partial charge in [0.05, 0.1) is 13.2 Å². The highest BCUT2D eigenvalue weighted by Gasteiger charge is 2.59. The fraction of sp³-hybridized carbons (Fsp3) is 0.733. The van der Waals surface area contributed by atoms with E-state index >= 15 is 0 Å². The lowest BCUT2D eigenvalue weighted by Crippen LogP contribution is -1.98. The summed E-state index contributed by atoms with van der Waals surface area (Å²) in [6, 6.07) is 0. The van der Waals surface area contributed by atoms with E-state index in [4.69, 9.17) is 5.11 Å². The quantitative estimate of drug-likeness (QED) is 0.720. The summed E-state index contributed by atoms with van der Waals surface area (Å²) in [5, 5.41) is 18.1. The Hall–Kier alpha value is -0.600. The molecule has 2 aliphatic carbocycles. The van der Waals surface area contributed by atoms with Crippen molar-refractivity contribution in [3.05, 3.63) is 23.3 Å². The van der Waals surface area contributed by atoms with Crippen molar-refractivity contribution in [2.75, 3.05) is 13.2 Å². The Morgan fingerprint density at radius 3 is 2.94 bits per heavy atom. The summed E-state index contributed by atoms with van der Waals surface area (Å²) in [6.07, 6.45) is 9.07. The SMILES string of the molecule is C/C(=C\CCC1(C)[C@H]2C=C(CO)CC[C@@H]21)CO. The van der Waals surface area contributed by atoms with Crippen molar-refractivity contribution in [3.63, 3.8) is 0 Å². The number of aliphatic hydroxyl groups excluding tert-OH is 2. The molecule has 17 heavy (non-hydrogen) atoms. The molecule has 2 aliphatic rings. The number of hydrogen-bond donors (Lipinski definition) is 2. The maximum Gasteiger partial charge on any atom is 0.0641 e. The lowest BCUT2D eigenvalue weighted by molar-refractivity contribution is 0.322. The lowest BCUT2D eigenvalue weighted by Gasteiger charge is -2.09. The molecule has 1 fully saturated rings. The standard InChI is InChI=1S/C15H24O2/c1-11(9-16)4-3-7-15(2)13-6-5-12(10-17)8-14(13)15/h4,8,13-14,16-17H,3,5-7,9-10H2,1-2H3/b11-4+/t13-,14-,15?/m0/s1. The first-order valence-electron chi connectivity index (χ1n) is 6.68. The third-order valence-corrected chi connectivity index (χ3v) is 4.75. The summed E-state index contributed by atoms with van der Waals surface area (Å²) in [6.45, 7) is 4.77. The maximum absolute atomic E-state index is 9.17. The lowest BCUT2D eigenvalue weighted by atomic mass is 9.96. The van der Waals surface area contributed by atoms with Crippen LogP contribution in [0.2, 0.25) is 0 Å². The minimum absolute atomic E-state index is 0.179. The van der Waals surface area contributed by atoms with Crippen LogP contribution in [0.1, 0.15) is 39.5 Å². The first-order valence-corrected chi connectivity index (χ1v) is 6.68. The maximum atomic E-state index is 9.17. The second-order valence-electron chi connectivity index (χ2n) is 5.91. The van der Waals surface area contributed by atoms with Crippen LogP contribution in [-0.2, 0) is 0 Å². The molecule has 0 spiro atoms. The van der Waals surface area contributed by atoms with Gasteiger partial charge in [-0.2, -0.15) is 0 Å². The molecule has 96 valence electrons. The predicted molar refractivity (Wildman–Crippen MR) is 69.6 cm³/mol. The van der Waals surface area contributed by atoms with E-state index < -0.39 is 0 Å². The van der Waals surface area contributed by atoms with Crippen molar-refractivity contribution in [2.45, 2.75) is 39.5 Å². The third kappa shape index (κ3) is 2.48. The molecule has 2 rings (SSSR count). The van der Waals surface area contributed by atoms with Crippen LogP contribution in [0.15, 0.2) is 23.3 Å². The van der Waals surface area contributed by atoms with Crippen LogP contribution in [0.4, 0.5) is 0 Å². The van der Waals surface area contributed by atoms with Crippen LogP contribution in [0.25, 0.3) is 0 Å². The van der Waals surface area contributed by atoms with Crippen molar-refractivity contribution in [3.8, 4) is 0 Å². The van der Waals surface area contributed by atoms with Gasteiger partial charge >= 0.3 is 0 Å². The average Bonchev–Trinajstić information content (AvgIpc) is 2.94. The first kappa shape index (κ1) is 12.8. The minimum Gasteiger partial charge on any atom is -0.392 e. The summed E-state index contributed by atoms with van der Waals surface area (Å²) in [5.74, 6) is 1.53. The van der Waals surface area contributed by atoms with Crippen molar-refractivity contribution in [1.29, 1.82) is 0 Å². The Morgan fingerprint density at radius 2 is 2.29 bits per heavy atom. The van der Waals surface area contributed by atoms with Crippen LogP contribution in [0.3, 0.4) is 0 Å². The molecular formula is C15H24O2. The number of rotatable bonds is 5. The first-order chi connectivity index (χ1) is 8.11. The molecule has 2 nitrogen and oxygen atoms in total. The van der Waals surface area contributed by atoms with Crippen LogP contribution < -0.4 is 0 Å². The van der Waals surface area contributed by atoms with Gasteiger partial charge in [-0.05, 0) is 55.4 Å². The van der Waals surface area contributed by atoms with E-state index in [2.05, 4.69) is 19.1 Å². The molecule has 0 radical (unpaired) electrons. The van der Waals surface area contributed by atoms with Gasteiger partial charge in [0.1, 0.15) is 0 Å². The Labute approximate surface area is 104 Å². The fourth-order valence-corrected chi connectivity index (χ4v) is 3.37. The van der Waals surface area contributed by atoms with Gasteiger partial charge in [0.2, 0.25) is 0 Å². The van der Waals surface area contributed by atoms with Crippen LogP contribution in [-0.4, -0.2) is 23.4 Å². The average molecular weight is 236 g/mol. The summed E-state index contributed by atoms with van der Waals surface area (Å²) in [4.78, 5) is 0. The predicted octanol–water partition coefficient (Wildman–Crippen LogP) is 2.67. The van der Waals surface area contributed by atoms with Gasteiger partial charge in [-0.1, -0.05) is 24.6 Å². The summed E-state index contributed by atoms with van der Waals surface area (Å²) < 4.78 is 0. The highest BCUT2D eigenvalue weighted by Crippen LogP contribution is 2.66. The molecule has 0 amide bonds. The van der Waals surface area contributed by atoms with E-state index in [0.717, 1.165) is 24.3 Å². The normalized spacial score (nSPS) is 36.5. The molecule has 0 saturated heterocycles. The van der Waals surface area contributed by atoms with Gasteiger partial charge < -0.3 is 10.2 Å². The molecule has 0 heterocycles. The number of allylic oxidation sites excluding steroid dienone is 2. The molecule has 0 aromatic carbocycles. The van der Waals surface area contributed by atoms with E-state index in [0.29, 0.717) is 11.3 Å². The second-order valence-corrected chi connectivity index (χ2v) is 5.91. The van der Waals surface area contributed by atoms with E-state index in [1.54, 1.807) is 0 Å². The van der Waals surface area contributed by atoms with Crippen molar-refractivity contribution < 1.29 is 10.2 Å². The number of fused-ring (bicyclic) bond motifs is 1. The smallest absolute Gasteiger partial charge is 0.0641 e. The van der Waals surface area contributed by atoms with Gasteiger partial charge in [0.15, 0.2) is 0 Å². The highest BCUT2D eigenvalue weighted by molar-refractivity contribution is 5.24. The van der Waals surface area contributed by atoms with E-state index in [9.17, 15) is 5.11 Å². The molecule has 0 aromatic heterocycles. The number of aliphatic hydroxyl groups is 2. The zero-order chi connectivity index (χ0) is 12.5. The molecule has 0 aliphatic heterocycles. The Morgan fingerprint density at radius 1 is 1.53 bits per heavy atom. The summed E-state index contributed by atoms with van der Waals surface area (Å²) >= 11 is 0. The van der Waals surface area contributed by atoms with E-state index in [1.807, 2.05) is 6.92 Å². The zero-order valence-corrected chi connectivity index (χ0v) is 10.9. The van der Waals surface area contributed by atoms with Gasteiger partial charge in [0, 0.05) is 0 Å². The zero-order valence-electron chi connectivity index (χ0n) is 10.9. The minimum atomic E-state index is 0.179. The van der Waals surface area contributed by atoms with Gasteiger partial charge in [0.25, 0.3) is 0 Å². The van der Waals surface area contributed by atoms with Crippen molar-refractivity contribution >= 4 is 0 Å². The third-order valence-electron chi connectivity index (χ3n) is 4.75. The van der Waals surface area contributed by atoms with Gasteiger partial charge in [-0.15, -0.1) is 0 Å². The number of hydrogen-bond acceptors (Lipinski definition) is 2. The molecule has 2 heteroatoms. The van der Waals surface area contributed by atoms with Crippen molar-refractivity contribution in [1.82, 2.24) is 0 Å². The van der Waals surface area contributed by atoms with Crippen LogP contribution in [0, 0.1) is 17.3 Å².